The molecule has 0 spiro atoms. The van der Waals surface area contributed by atoms with Crippen LogP contribution in [-0.4, -0.2) is 76.5 Å². The smallest absolute Gasteiger partial charge is 0.327 e. The molecule has 2 atom stereocenters. The van der Waals surface area contributed by atoms with Gasteiger partial charge in [-0.15, -0.1) is 0 Å². The van der Waals surface area contributed by atoms with Crippen molar-refractivity contribution in [1.82, 2.24) is 0 Å². The number of hydrogen-bond acceptors (Lipinski definition) is 8. The number of ether oxygens (including phenoxy) is 4. The molecule has 0 fully saturated rings. The van der Waals surface area contributed by atoms with Crippen LogP contribution in [0.5, 0.6) is 0 Å². The van der Waals surface area contributed by atoms with Gasteiger partial charge < -0.3 is 29.0 Å². The van der Waals surface area contributed by atoms with Gasteiger partial charge in [-0.25, -0.2) is 0 Å². The highest BCUT2D eigenvalue weighted by Gasteiger charge is 2.15. The number of hydrogen-bond donors (Lipinski definition) is 1. The Kier molecular flexibility index (Phi) is 15.6. The fourth-order valence-corrected chi connectivity index (χ4v) is 2.96. The first kappa shape index (κ1) is 28.6. The number of nitriles is 1. The highest BCUT2D eigenvalue weighted by molar-refractivity contribution is 5.78. The van der Waals surface area contributed by atoms with Crippen LogP contribution >= 0.6 is 0 Å². The van der Waals surface area contributed by atoms with Crippen LogP contribution in [0, 0.1) is 17.2 Å². The average Bonchev–Trinajstić information content (AvgIpc) is 2.82. The number of nitrogens with zero attached hydrogens (tertiary/aromatic N) is 2. The molecule has 0 aliphatic rings. The molecule has 0 aromatic heterocycles. The minimum absolute atomic E-state index is 0.00300. The van der Waals surface area contributed by atoms with Crippen LogP contribution in [0.2, 0.25) is 0 Å². The second-order valence-electron chi connectivity index (χ2n) is 7.30. The van der Waals surface area contributed by atoms with Crippen molar-refractivity contribution in [3.05, 3.63) is 35.9 Å². The first-order valence-electron chi connectivity index (χ1n) is 11.5. The molecular weight excluding hydrogens is 424 g/mol. The van der Waals surface area contributed by atoms with Crippen LogP contribution in [0.1, 0.15) is 32.8 Å². The Bertz CT molecular complexity index is 717. The summed E-state index contributed by atoms with van der Waals surface area (Å²) in [6.07, 6.45) is 4.26. The molecule has 0 heterocycles. The summed E-state index contributed by atoms with van der Waals surface area (Å²) in [6.45, 7) is 10.1. The highest BCUT2D eigenvalue weighted by Crippen LogP contribution is 2.17. The Morgan fingerprint density at radius 3 is 2.45 bits per heavy atom. The SMILES string of the molecule is CCOCCC(C)OCCN(CCOCCO)c1ccc(/C=C/C(C#N)C(=O)OCC)cc1. The third-order valence-corrected chi connectivity index (χ3v) is 4.80. The topological polar surface area (TPSA) is 101 Å². The summed E-state index contributed by atoms with van der Waals surface area (Å²) in [5.74, 6) is -1.47. The van der Waals surface area contributed by atoms with Crippen molar-refractivity contribution < 1.29 is 28.8 Å². The number of rotatable bonds is 18. The minimum atomic E-state index is -0.924. The van der Waals surface area contributed by atoms with E-state index in [1.165, 1.54) is 0 Å². The summed E-state index contributed by atoms with van der Waals surface area (Å²) in [6, 6.07) is 9.77. The molecule has 0 aliphatic heterocycles. The van der Waals surface area contributed by atoms with Gasteiger partial charge in [-0.2, -0.15) is 5.26 Å². The summed E-state index contributed by atoms with van der Waals surface area (Å²) >= 11 is 0. The largest absolute Gasteiger partial charge is 0.465 e. The molecule has 0 amide bonds. The molecule has 33 heavy (non-hydrogen) atoms. The second-order valence-corrected chi connectivity index (χ2v) is 7.30. The molecule has 0 saturated heterocycles. The lowest BCUT2D eigenvalue weighted by atomic mass is 10.1. The van der Waals surface area contributed by atoms with Crippen LogP contribution in [-0.2, 0) is 23.7 Å². The van der Waals surface area contributed by atoms with Gasteiger partial charge in [0.25, 0.3) is 0 Å². The van der Waals surface area contributed by atoms with Crippen molar-refractivity contribution in [1.29, 1.82) is 5.26 Å². The van der Waals surface area contributed by atoms with Crippen LogP contribution in [0.4, 0.5) is 5.69 Å². The van der Waals surface area contributed by atoms with E-state index in [0.29, 0.717) is 46.1 Å². The summed E-state index contributed by atoms with van der Waals surface area (Å²) in [7, 11) is 0. The molecule has 184 valence electrons. The molecule has 1 N–H and O–H groups in total. The fourth-order valence-electron chi connectivity index (χ4n) is 2.96. The van der Waals surface area contributed by atoms with Crippen molar-refractivity contribution in [2.75, 3.05) is 64.2 Å². The second kappa shape index (κ2) is 18.0. The van der Waals surface area contributed by atoms with Gasteiger partial charge in [0.05, 0.1) is 45.2 Å². The maximum absolute atomic E-state index is 11.8. The van der Waals surface area contributed by atoms with E-state index in [2.05, 4.69) is 4.90 Å². The predicted molar refractivity (Wildman–Crippen MR) is 128 cm³/mol. The van der Waals surface area contributed by atoms with Gasteiger partial charge in [0.15, 0.2) is 5.92 Å². The van der Waals surface area contributed by atoms with E-state index in [0.717, 1.165) is 17.7 Å². The monoisotopic (exact) mass is 462 g/mol. The van der Waals surface area contributed by atoms with Gasteiger partial charge in [-0.1, -0.05) is 24.3 Å². The molecule has 2 unspecified atom stereocenters. The van der Waals surface area contributed by atoms with Gasteiger partial charge in [0.1, 0.15) is 0 Å². The molecule has 0 bridgehead atoms. The van der Waals surface area contributed by atoms with E-state index in [1.807, 2.05) is 44.2 Å². The lowest BCUT2D eigenvalue weighted by Crippen LogP contribution is -2.32. The average molecular weight is 463 g/mol. The van der Waals surface area contributed by atoms with Gasteiger partial charge in [-0.3, -0.25) is 4.79 Å². The van der Waals surface area contributed by atoms with E-state index < -0.39 is 11.9 Å². The first-order valence-corrected chi connectivity index (χ1v) is 11.5. The Labute approximate surface area is 197 Å². The van der Waals surface area contributed by atoms with Crippen molar-refractivity contribution in [3.8, 4) is 6.07 Å². The number of anilines is 1. The molecule has 0 radical (unpaired) electrons. The summed E-state index contributed by atoms with van der Waals surface area (Å²) in [4.78, 5) is 13.9. The number of carbonyl (C=O) groups is 1. The van der Waals surface area contributed by atoms with Gasteiger partial charge in [-0.05, 0) is 44.9 Å². The van der Waals surface area contributed by atoms with E-state index in [-0.39, 0.29) is 19.3 Å². The van der Waals surface area contributed by atoms with E-state index >= 15 is 0 Å². The minimum Gasteiger partial charge on any atom is -0.465 e. The Morgan fingerprint density at radius 2 is 1.82 bits per heavy atom. The van der Waals surface area contributed by atoms with Crippen molar-refractivity contribution >= 4 is 17.7 Å². The van der Waals surface area contributed by atoms with Crippen molar-refractivity contribution in [3.63, 3.8) is 0 Å². The predicted octanol–water partition coefficient (Wildman–Crippen LogP) is 3.05. The number of aliphatic hydroxyl groups is 1. The molecule has 8 heteroatoms. The van der Waals surface area contributed by atoms with Crippen LogP contribution in [0.15, 0.2) is 30.3 Å². The molecule has 0 aliphatic carbocycles. The zero-order valence-corrected chi connectivity index (χ0v) is 20.1. The number of esters is 1. The third kappa shape index (κ3) is 12.4. The normalized spacial score (nSPS) is 12.9. The van der Waals surface area contributed by atoms with Gasteiger partial charge in [0, 0.05) is 32.0 Å². The van der Waals surface area contributed by atoms with E-state index in [4.69, 9.17) is 29.3 Å². The Morgan fingerprint density at radius 1 is 1.09 bits per heavy atom. The lowest BCUT2D eigenvalue weighted by Gasteiger charge is -2.26. The standard InChI is InChI=1S/C25H38N2O6/c1-4-30-16-12-21(3)33-18-14-27(13-17-31-19-15-28)24-10-7-22(8-11-24)6-9-23(20-26)25(29)32-5-2/h6-11,21,23,28H,4-5,12-19H2,1-3H3/b9-6+. The number of carbonyl (C=O) groups excluding carboxylic acids is 1. The zero-order valence-electron chi connectivity index (χ0n) is 20.1. The Balaban J connectivity index is 2.71. The Hall–Kier alpha value is -2.44. The van der Waals surface area contributed by atoms with Crippen molar-refractivity contribution in [2.45, 2.75) is 33.3 Å². The molecule has 1 rings (SSSR count). The number of benzene rings is 1. The highest BCUT2D eigenvalue weighted by atomic mass is 16.5. The lowest BCUT2D eigenvalue weighted by molar-refractivity contribution is -0.144. The van der Waals surface area contributed by atoms with E-state index in [9.17, 15) is 4.79 Å². The van der Waals surface area contributed by atoms with Crippen LogP contribution in [0.25, 0.3) is 6.08 Å². The molecule has 1 aromatic rings. The summed E-state index contributed by atoms with van der Waals surface area (Å²) in [5, 5.41) is 18.1. The quantitative estimate of drug-likeness (QED) is 0.262. The zero-order chi connectivity index (χ0) is 24.3. The van der Waals surface area contributed by atoms with E-state index in [1.54, 1.807) is 19.1 Å². The summed E-state index contributed by atoms with van der Waals surface area (Å²) in [5.41, 5.74) is 1.88. The van der Waals surface area contributed by atoms with Crippen LogP contribution < -0.4 is 4.90 Å². The molecule has 1 aromatic carbocycles. The number of aliphatic hydroxyl groups excluding tert-OH is 1. The molecule has 8 nitrogen and oxygen atoms in total. The fraction of sp³-hybridized carbons (Fsp3) is 0.600. The summed E-state index contributed by atoms with van der Waals surface area (Å²) < 4.78 is 21.6. The third-order valence-electron chi connectivity index (χ3n) is 4.80. The maximum Gasteiger partial charge on any atom is 0.327 e. The maximum atomic E-state index is 11.8. The molecular formula is C25H38N2O6. The first-order chi connectivity index (χ1) is 16.0. The van der Waals surface area contributed by atoms with Gasteiger partial charge >= 0.3 is 5.97 Å². The van der Waals surface area contributed by atoms with Crippen molar-refractivity contribution in [2.24, 2.45) is 5.92 Å². The van der Waals surface area contributed by atoms with Crippen LogP contribution in [0.3, 0.4) is 0 Å². The molecule has 0 saturated carbocycles. The van der Waals surface area contributed by atoms with Gasteiger partial charge in [0.2, 0.25) is 0 Å².